The smallest absolute Gasteiger partial charge is 0.0797 e. The highest BCUT2D eigenvalue weighted by Gasteiger charge is 2.21. The zero-order valence-corrected chi connectivity index (χ0v) is 11.3. The van der Waals surface area contributed by atoms with Crippen LogP contribution in [0.25, 0.3) is 0 Å². The Labute approximate surface area is 111 Å². The number of fused-ring (bicyclic) bond motifs is 1. The average Bonchev–Trinajstić information content (AvgIpc) is 2.94. The Bertz CT molecular complexity index is 562. The van der Waals surface area contributed by atoms with Crippen molar-refractivity contribution in [3.05, 3.63) is 39.8 Å². The first-order valence-electron chi connectivity index (χ1n) is 6.27. The minimum absolute atomic E-state index is 0.908. The Morgan fingerprint density at radius 1 is 1.44 bits per heavy atom. The summed E-state index contributed by atoms with van der Waals surface area (Å²) in [5.41, 5.74) is 12.7. The summed E-state index contributed by atoms with van der Waals surface area (Å²) in [5.74, 6) is 0. The van der Waals surface area contributed by atoms with E-state index >= 15 is 0 Å². The fourth-order valence-electron chi connectivity index (χ4n) is 2.59. The SMILES string of the molecule is Cc1ncsc1CCN1CCc2cccc(N)c21. The van der Waals surface area contributed by atoms with Crippen molar-refractivity contribution in [1.29, 1.82) is 0 Å². The highest BCUT2D eigenvalue weighted by molar-refractivity contribution is 7.09. The third kappa shape index (κ3) is 1.97. The number of nitrogen functional groups attached to an aromatic ring is 1. The van der Waals surface area contributed by atoms with Crippen LogP contribution in [0.4, 0.5) is 11.4 Å². The van der Waals surface area contributed by atoms with Gasteiger partial charge in [0.05, 0.1) is 22.6 Å². The molecular formula is C14H17N3S. The number of aryl methyl sites for hydroxylation is 1. The summed E-state index contributed by atoms with van der Waals surface area (Å²) < 4.78 is 0. The van der Waals surface area contributed by atoms with E-state index in [0.29, 0.717) is 0 Å². The van der Waals surface area contributed by atoms with Gasteiger partial charge in [-0.1, -0.05) is 12.1 Å². The molecule has 2 heterocycles. The van der Waals surface area contributed by atoms with Crippen molar-refractivity contribution in [3.63, 3.8) is 0 Å². The van der Waals surface area contributed by atoms with Crippen LogP contribution < -0.4 is 10.6 Å². The number of hydrogen-bond donors (Lipinski definition) is 1. The molecule has 18 heavy (non-hydrogen) atoms. The van der Waals surface area contributed by atoms with Gasteiger partial charge in [-0.05, 0) is 25.0 Å². The number of rotatable bonds is 3. The summed E-state index contributed by atoms with van der Waals surface area (Å²) >= 11 is 1.75. The van der Waals surface area contributed by atoms with Gasteiger partial charge >= 0.3 is 0 Å². The normalized spacial score (nSPS) is 13.9. The molecule has 1 aromatic heterocycles. The van der Waals surface area contributed by atoms with Crippen molar-refractivity contribution in [1.82, 2.24) is 4.98 Å². The summed E-state index contributed by atoms with van der Waals surface area (Å²) in [6.07, 6.45) is 2.17. The zero-order valence-electron chi connectivity index (χ0n) is 10.5. The van der Waals surface area contributed by atoms with Crippen molar-refractivity contribution < 1.29 is 0 Å². The van der Waals surface area contributed by atoms with Gasteiger partial charge in [-0.3, -0.25) is 0 Å². The van der Waals surface area contributed by atoms with Crippen LogP contribution in [0.2, 0.25) is 0 Å². The standard InChI is InChI=1S/C14H17N3S/c1-10-13(18-9-16-10)6-8-17-7-5-11-3-2-4-12(15)14(11)17/h2-4,9H,5-8,15H2,1H3. The maximum Gasteiger partial charge on any atom is 0.0797 e. The number of para-hydroxylation sites is 1. The Morgan fingerprint density at radius 3 is 3.11 bits per heavy atom. The second-order valence-corrected chi connectivity index (χ2v) is 5.64. The molecule has 0 saturated carbocycles. The molecule has 0 saturated heterocycles. The lowest BCUT2D eigenvalue weighted by Crippen LogP contribution is -2.24. The van der Waals surface area contributed by atoms with E-state index in [-0.39, 0.29) is 0 Å². The number of thiazole rings is 1. The van der Waals surface area contributed by atoms with Crippen LogP contribution in [0.1, 0.15) is 16.1 Å². The molecule has 0 unspecified atom stereocenters. The van der Waals surface area contributed by atoms with E-state index in [1.807, 2.05) is 17.6 Å². The van der Waals surface area contributed by atoms with Crippen LogP contribution in [0.5, 0.6) is 0 Å². The third-order valence-corrected chi connectivity index (χ3v) is 4.57. The number of nitrogens with two attached hydrogens (primary N) is 1. The van der Waals surface area contributed by atoms with Crippen LogP contribution in [-0.2, 0) is 12.8 Å². The Morgan fingerprint density at radius 2 is 2.33 bits per heavy atom. The maximum absolute atomic E-state index is 6.09. The molecule has 0 bridgehead atoms. The number of anilines is 2. The molecule has 2 aromatic rings. The van der Waals surface area contributed by atoms with Crippen molar-refractivity contribution in [2.45, 2.75) is 19.8 Å². The van der Waals surface area contributed by atoms with Crippen molar-refractivity contribution in [2.75, 3.05) is 23.7 Å². The molecule has 1 aliphatic rings. The van der Waals surface area contributed by atoms with E-state index in [1.54, 1.807) is 11.3 Å². The van der Waals surface area contributed by atoms with Crippen LogP contribution in [0.15, 0.2) is 23.7 Å². The second-order valence-electron chi connectivity index (χ2n) is 4.70. The van der Waals surface area contributed by atoms with Crippen LogP contribution in [-0.4, -0.2) is 18.1 Å². The first kappa shape index (κ1) is 11.5. The lowest BCUT2D eigenvalue weighted by atomic mass is 10.1. The van der Waals surface area contributed by atoms with Gasteiger partial charge in [0.15, 0.2) is 0 Å². The molecule has 0 spiro atoms. The number of hydrogen-bond acceptors (Lipinski definition) is 4. The van der Waals surface area contributed by atoms with E-state index in [4.69, 9.17) is 5.73 Å². The average molecular weight is 259 g/mol. The molecular weight excluding hydrogens is 242 g/mol. The van der Waals surface area contributed by atoms with Crippen molar-refractivity contribution in [2.24, 2.45) is 0 Å². The summed E-state index contributed by atoms with van der Waals surface area (Å²) in [6, 6.07) is 6.23. The van der Waals surface area contributed by atoms with Gasteiger partial charge in [0, 0.05) is 24.4 Å². The Kier molecular flexibility index (Phi) is 2.96. The number of benzene rings is 1. The monoisotopic (exact) mass is 259 g/mol. The van der Waals surface area contributed by atoms with Gasteiger partial charge in [-0.2, -0.15) is 0 Å². The lowest BCUT2D eigenvalue weighted by molar-refractivity contribution is 0.816. The third-order valence-electron chi connectivity index (χ3n) is 3.57. The van der Waals surface area contributed by atoms with E-state index in [0.717, 1.165) is 31.6 Å². The molecule has 0 fully saturated rings. The molecule has 4 heteroatoms. The quantitative estimate of drug-likeness (QED) is 0.862. The molecule has 3 rings (SSSR count). The summed E-state index contributed by atoms with van der Waals surface area (Å²) in [5, 5.41) is 0. The van der Waals surface area contributed by atoms with Crippen LogP contribution >= 0.6 is 11.3 Å². The van der Waals surface area contributed by atoms with Gasteiger partial charge in [0.2, 0.25) is 0 Å². The Hall–Kier alpha value is -1.55. The predicted molar refractivity (Wildman–Crippen MR) is 77.3 cm³/mol. The first-order valence-corrected chi connectivity index (χ1v) is 7.15. The van der Waals surface area contributed by atoms with Crippen LogP contribution in [0, 0.1) is 6.92 Å². The highest BCUT2D eigenvalue weighted by atomic mass is 32.1. The van der Waals surface area contributed by atoms with E-state index in [1.165, 1.54) is 21.8 Å². The molecule has 1 aliphatic heterocycles. The summed E-state index contributed by atoms with van der Waals surface area (Å²) in [7, 11) is 0. The van der Waals surface area contributed by atoms with Crippen LogP contribution in [0.3, 0.4) is 0 Å². The number of aromatic nitrogens is 1. The molecule has 0 aliphatic carbocycles. The molecule has 0 amide bonds. The van der Waals surface area contributed by atoms with Gasteiger partial charge in [-0.15, -0.1) is 11.3 Å². The predicted octanol–water partition coefficient (Wildman–Crippen LogP) is 2.64. The molecule has 0 atom stereocenters. The summed E-state index contributed by atoms with van der Waals surface area (Å²) in [6.45, 7) is 4.20. The van der Waals surface area contributed by atoms with Crippen molar-refractivity contribution >= 4 is 22.7 Å². The van der Waals surface area contributed by atoms with E-state index < -0.39 is 0 Å². The second kappa shape index (κ2) is 4.61. The van der Waals surface area contributed by atoms with Gasteiger partial charge in [-0.25, -0.2) is 4.98 Å². The minimum atomic E-state index is 0.908. The topological polar surface area (TPSA) is 42.2 Å². The first-order chi connectivity index (χ1) is 8.75. The minimum Gasteiger partial charge on any atom is -0.397 e. The lowest BCUT2D eigenvalue weighted by Gasteiger charge is -2.20. The zero-order chi connectivity index (χ0) is 12.5. The fraction of sp³-hybridized carbons (Fsp3) is 0.357. The van der Waals surface area contributed by atoms with Gasteiger partial charge in [0.25, 0.3) is 0 Å². The largest absolute Gasteiger partial charge is 0.397 e. The molecule has 0 radical (unpaired) electrons. The fourth-order valence-corrected chi connectivity index (χ4v) is 3.36. The molecule has 1 aromatic carbocycles. The van der Waals surface area contributed by atoms with E-state index in [9.17, 15) is 0 Å². The summed E-state index contributed by atoms with van der Waals surface area (Å²) in [4.78, 5) is 8.09. The maximum atomic E-state index is 6.09. The van der Waals surface area contributed by atoms with Crippen molar-refractivity contribution in [3.8, 4) is 0 Å². The molecule has 2 N–H and O–H groups in total. The number of nitrogens with zero attached hydrogens (tertiary/aromatic N) is 2. The van der Waals surface area contributed by atoms with Gasteiger partial charge < -0.3 is 10.6 Å². The molecule has 3 nitrogen and oxygen atoms in total. The van der Waals surface area contributed by atoms with E-state index in [2.05, 4.69) is 22.9 Å². The molecule has 94 valence electrons. The highest BCUT2D eigenvalue weighted by Crippen LogP contribution is 2.33. The van der Waals surface area contributed by atoms with Gasteiger partial charge in [0.1, 0.15) is 0 Å². The Balaban J connectivity index is 1.75.